The van der Waals surface area contributed by atoms with Crippen molar-refractivity contribution in [2.24, 2.45) is 5.92 Å². The fraction of sp³-hybridized carbons (Fsp3) is 0.520. The van der Waals surface area contributed by atoms with Crippen molar-refractivity contribution >= 4 is 40.2 Å². The molecule has 0 spiro atoms. The summed E-state index contributed by atoms with van der Waals surface area (Å²) in [6.45, 7) is 8.56. The average molecular weight is 468 g/mol. The lowest BCUT2D eigenvalue weighted by atomic mass is 10.1. The first-order chi connectivity index (χ1) is 16.3. The van der Waals surface area contributed by atoms with E-state index in [1.807, 2.05) is 4.90 Å². The molecule has 2 N–H and O–H groups in total. The van der Waals surface area contributed by atoms with Gasteiger partial charge in [0.1, 0.15) is 5.82 Å². The third kappa shape index (κ3) is 5.47. The fourth-order valence-corrected chi connectivity index (χ4v) is 4.48. The number of rotatable bonds is 6. The largest absolute Gasteiger partial charge is 0.478 e. The zero-order valence-electron chi connectivity index (χ0n) is 19.9. The van der Waals surface area contributed by atoms with E-state index in [-0.39, 0.29) is 23.3 Å². The lowest BCUT2D eigenvalue weighted by molar-refractivity contribution is -0.133. The number of anilines is 2. The average Bonchev–Trinajstić information content (AvgIpc) is 2.84. The van der Waals surface area contributed by atoms with Crippen LogP contribution in [0, 0.1) is 5.92 Å². The van der Waals surface area contributed by atoms with Gasteiger partial charge in [-0.15, -0.1) is 0 Å². The molecule has 0 bridgehead atoms. The number of benzene rings is 1. The highest BCUT2D eigenvalue weighted by Crippen LogP contribution is 2.27. The molecule has 2 saturated heterocycles. The maximum absolute atomic E-state index is 12.6. The van der Waals surface area contributed by atoms with Gasteiger partial charge >= 0.3 is 5.97 Å². The third-order valence-electron chi connectivity index (χ3n) is 6.58. The van der Waals surface area contributed by atoms with Gasteiger partial charge in [-0.05, 0) is 43.5 Å². The van der Waals surface area contributed by atoms with Crippen molar-refractivity contribution < 1.29 is 19.5 Å². The molecule has 4 rings (SSSR count). The van der Waals surface area contributed by atoms with Crippen LogP contribution in [0.4, 0.5) is 11.5 Å². The molecule has 1 aromatic carbocycles. The summed E-state index contributed by atoms with van der Waals surface area (Å²) in [4.78, 5) is 47.6. The van der Waals surface area contributed by atoms with Crippen LogP contribution in [-0.4, -0.2) is 83.5 Å². The molecule has 1 aromatic heterocycles. The molecule has 3 heterocycles. The summed E-state index contributed by atoms with van der Waals surface area (Å²) in [5, 5.41) is 13.2. The van der Waals surface area contributed by atoms with Crippen molar-refractivity contribution in [2.45, 2.75) is 33.1 Å². The van der Waals surface area contributed by atoms with Crippen LogP contribution >= 0.6 is 0 Å². The van der Waals surface area contributed by atoms with Gasteiger partial charge in [0.05, 0.1) is 17.6 Å². The van der Waals surface area contributed by atoms with Crippen molar-refractivity contribution in [3.63, 3.8) is 0 Å². The molecule has 34 heavy (non-hydrogen) atoms. The number of piperidine rings is 1. The number of likely N-dealkylation sites (tertiary alicyclic amines) is 1. The monoisotopic (exact) mass is 467 g/mol. The Bertz CT molecular complexity index is 1070. The molecule has 2 aliphatic heterocycles. The van der Waals surface area contributed by atoms with Crippen LogP contribution in [-0.2, 0) is 9.59 Å². The summed E-state index contributed by atoms with van der Waals surface area (Å²) < 4.78 is 0. The molecular weight excluding hydrogens is 434 g/mol. The number of carboxylic acid groups (broad SMARTS) is 1. The molecule has 2 amide bonds. The van der Waals surface area contributed by atoms with Crippen molar-refractivity contribution in [2.75, 3.05) is 56.0 Å². The van der Waals surface area contributed by atoms with Crippen LogP contribution in [0.15, 0.2) is 24.3 Å². The number of fused-ring (bicyclic) bond motifs is 1. The molecule has 0 saturated carbocycles. The number of hydrogen-bond donors (Lipinski definition) is 2. The molecule has 9 heteroatoms. The minimum atomic E-state index is -1.04. The zero-order valence-corrected chi connectivity index (χ0v) is 19.9. The first kappa shape index (κ1) is 23.9. The molecular formula is C25H33N5O4. The van der Waals surface area contributed by atoms with Gasteiger partial charge in [-0.1, -0.05) is 13.8 Å². The van der Waals surface area contributed by atoms with E-state index in [0.717, 1.165) is 39.0 Å². The number of nitrogens with one attached hydrogen (secondary N) is 1. The Morgan fingerprint density at radius 1 is 1.00 bits per heavy atom. The van der Waals surface area contributed by atoms with Crippen molar-refractivity contribution in [3.8, 4) is 0 Å². The van der Waals surface area contributed by atoms with Gasteiger partial charge in [-0.3, -0.25) is 14.5 Å². The minimum Gasteiger partial charge on any atom is -0.478 e. The van der Waals surface area contributed by atoms with Crippen LogP contribution in [0.2, 0.25) is 0 Å². The summed E-state index contributed by atoms with van der Waals surface area (Å²) in [6, 6.07) is 6.76. The maximum Gasteiger partial charge on any atom is 0.336 e. The van der Waals surface area contributed by atoms with E-state index in [2.05, 4.69) is 15.1 Å². The summed E-state index contributed by atoms with van der Waals surface area (Å²) in [6.07, 6.45) is 3.38. The second-order valence-electron chi connectivity index (χ2n) is 9.41. The third-order valence-corrected chi connectivity index (χ3v) is 6.58. The van der Waals surface area contributed by atoms with Crippen LogP contribution < -0.4 is 10.2 Å². The van der Waals surface area contributed by atoms with E-state index in [1.165, 1.54) is 6.42 Å². The molecule has 182 valence electrons. The van der Waals surface area contributed by atoms with Gasteiger partial charge in [-0.25, -0.2) is 9.78 Å². The highest BCUT2D eigenvalue weighted by Gasteiger charge is 2.24. The normalized spacial score (nSPS) is 17.3. The first-order valence-corrected chi connectivity index (χ1v) is 12.1. The van der Waals surface area contributed by atoms with Crippen molar-refractivity contribution in [3.05, 3.63) is 29.8 Å². The minimum absolute atomic E-state index is 0.127. The summed E-state index contributed by atoms with van der Waals surface area (Å²) >= 11 is 0. The van der Waals surface area contributed by atoms with Crippen LogP contribution in [0.5, 0.6) is 0 Å². The molecule has 0 atom stereocenters. The second-order valence-corrected chi connectivity index (χ2v) is 9.41. The number of aromatic nitrogens is 1. The molecule has 0 unspecified atom stereocenters. The van der Waals surface area contributed by atoms with Crippen molar-refractivity contribution in [1.82, 2.24) is 14.8 Å². The molecule has 2 aromatic rings. The van der Waals surface area contributed by atoms with Gasteiger partial charge in [0.15, 0.2) is 0 Å². The Balaban J connectivity index is 1.46. The fourth-order valence-electron chi connectivity index (χ4n) is 4.48. The number of nitrogens with zero attached hydrogens (tertiary/aromatic N) is 4. The number of carbonyl (C=O) groups excluding carboxylic acids is 2. The summed E-state index contributed by atoms with van der Waals surface area (Å²) in [7, 11) is 0. The number of amides is 2. The summed E-state index contributed by atoms with van der Waals surface area (Å²) in [5.74, 6) is -0.524. The molecule has 2 fully saturated rings. The topological polar surface area (TPSA) is 106 Å². The van der Waals surface area contributed by atoms with Gasteiger partial charge in [-0.2, -0.15) is 0 Å². The Morgan fingerprint density at radius 2 is 1.71 bits per heavy atom. The SMILES string of the molecule is CC(C)C(=O)Nc1ccc2nc(N3CCN(CC(=O)N4CCCCC4)CC3)cc(C(=O)O)c2c1. The van der Waals surface area contributed by atoms with E-state index >= 15 is 0 Å². The number of carbonyl (C=O) groups is 3. The van der Waals surface area contributed by atoms with E-state index in [4.69, 9.17) is 4.98 Å². The first-order valence-electron chi connectivity index (χ1n) is 12.1. The lowest BCUT2D eigenvalue weighted by Crippen LogP contribution is -2.51. The predicted octanol–water partition coefficient (Wildman–Crippen LogP) is 2.66. The van der Waals surface area contributed by atoms with E-state index in [0.29, 0.717) is 42.0 Å². The number of piperazine rings is 1. The van der Waals surface area contributed by atoms with Crippen LogP contribution in [0.3, 0.4) is 0 Å². The van der Waals surface area contributed by atoms with Gasteiger partial charge in [0.2, 0.25) is 11.8 Å². The Morgan fingerprint density at radius 3 is 2.35 bits per heavy atom. The quantitative estimate of drug-likeness (QED) is 0.673. The number of carboxylic acids is 1. The molecule has 2 aliphatic rings. The number of aromatic carboxylic acids is 1. The van der Waals surface area contributed by atoms with Gasteiger partial charge in [0.25, 0.3) is 0 Å². The smallest absolute Gasteiger partial charge is 0.336 e. The standard InChI is InChI=1S/C25H33N5O4/c1-17(2)24(32)26-18-6-7-21-19(14-18)20(25(33)34)15-22(27-21)29-12-10-28(11-13-29)16-23(31)30-8-4-3-5-9-30/h6-7,14-15,17H,3-5,8-13,16H2,1-2H3,(H,26,32)(H,33,34). The Labute approximate surface area is 199 Å². The van der Waals surface area contributed by atoms with Crippen molar-refractivity contribution in [1.29, 1.82) is 0 Å². The van der Waals surface area contributed by atoms with E-state index < -0.39 is 5.97 Å². The zero-order chi connectivity index (χ0) is 24.2. The van der Waals surface area contributed by atoms with E-state index in [1.54, 1.807) is 38.1 Å². The number of hydrogen-bond acceptors (Lipinski definition) is 6. The highest BCUT2D eigenvalue weighted by atomic mass is 16.4. The predicted molar refractivity (Wildman–Crippen MR) is 131 cm³/mol. The highest BCUT2D eigenvalue weighted by molar-refractivity contribution is 6.05. The summed E-state index contributed by atoms with van der Waals surface area (Å²) in [5.41, 5.74) is 1.28. The maximum atomic E-state index is 12.6. The van der Waals surface area contributed by atoms with Gasteiger partial charge < -0.3 is 20.2 Å². The second kappa shape index (κ2) is 10.4. The van der Waals surface area contributed by atoms with Gasteiger partial charge in [0, 0.05) is 56.3 Å². The van der Waals surface area contributed by atoms with E-state index in [9.17, 15) is 19.5 Å². The lowest BCUT2D eigenvalue weighted by Gasteiger charge is -2.36. The van der Waals surface area contributed by atoms with Crippen LogP contribution in [0.1, 0.15) is 43.5 Å². The molecule has 0 radical (unpaired) electrons. The van der Waals surface area contributed by atoms with Crippen LogP contribution in [0.25, 0.3) is 10.9 Å². The molecule has 9 nitrogen and oxygen atoms in total. The number of pyridine rings is 1. The Hall–Kier alpha value is -3.20. The molecule has 0 aliphatic carbocycles. The Kier molecular flexibility index (Phi) is 7.31.